The number of carbonyl (C=O) groups excluding carboxylic acids is 1. The molecule has 0 atom stereocenters. The maximum Gasteiger partial charge on any atom is 0.344 e. The molecule has 4 rings (SSSR count). The third-order valence-corrected chi connectivity index (χ3v) is 4.95. The van der Waals surface area contributed by atoms with Gasteiger partial charge in [-0.05, 0) is 55.0 Å². The van der Waals surface area contributed by atoms with Gasteiger partial charge in [-0.3, -0.25) is 0 Å². The molecule has 0 unspecified atom stereocenters. The molecule has 1 aliphatic carbocycles. The molecular weight excluding hydrogens is 344 g/mol. The van der Waals surface area contributed by atoms with Crippen molar-refractivity contribution in [1.82, 2.24) is 0 Å². The molecule has 3 aromatic rings. The molecule has 138 valence electrons. The first-order valence-corrected chi connectivity index (χ1v) is 9.03. The highest BCUT2D eigenvalue weighted by atomic mass is 16.6. The zero-order valence-electron chi connectivity index (χ0n) is 15.1. The van der Waals surface area contributed by atoms with Gasteiger partial charge in [0.05, 0.1) is 0 Å². The van der Waals surface area contributed by atoms with E-state index in [4.69, 9.17) is 13.9 Å². The quantitative estimate of drug-likeness (QED) is 0.510. The molecule has 1 aromatic heterocycles. The predicted octanol–water partition coefficient (Wildman–Crippen LogP) is 3.71. The first kappa shape index (κ1) is 17.3. The number of esters is 1. The van der Waals surface area contributed by atoms with Crippen LogP contribution in [-0.2, 0) is 29.0 Å². The lowest BCUT2D eigenvalue weighted by Crippen LogP contribution is -2.15. The second-order valence-corrected chi connectivity index (χ2v) is 6.73. The van der Waals surface area contributed by atoms with E-state index in [2.05, 4.69) is 0 Å². The summed E-state index contributed by atoms with van der Waals surface area (Å²) >= 11 is 0. The summed E-state index contributed by atoms with van der Waals surface area (Å²) in [4.78, 5) is 24.0. The standard InChI is InChI=1S/C22H20O5/c1-14-5-2-3-6-15(14)12-26-21(23)13-25-16-9-10-18-17-7-4-8-19(17)22(24)27-20(18)11-16/h2-3,5-6,9-11H,4,7-8,12-13H2,1H3. The molecule has 0 bridgehead atoms. The molecule has 0 saturated heterocycles. The highest BCUT2D eigenvalue weighted by Gasteiger charge is 2.19. The number of ether oxygens (including phenoxy) is 2. The number of benzene rings is 2. The van der Waals surface area contributed by atoms with Crippen molar-refractivity contribution in [3.05, 3.63) is 75.1 Å². The van der Waals surface area contributed by atoms with Gasteiger partial charge in [0.1, 0.15) is 17.9 Å². The molecule has 27 heavy (non-hydrogen) atoms. The molecule has 1 heterocycles. The van der Waals surface area contributed by atoms with Crippen molar-refractivity contribution in [2.24, 2.45) is 0 Å². The summed E-state index contributed by atoms with van der Waals surface area (Å²) in [5.74, 6) is 0.0187. The first-order chi connectivity index (χ1) is 13.1. The number of hydrogen-bond acceptors (Lipinski definition) is 5. The monoisotopic (exact) mass is 364 g/mol. The van der Waals surface area contributed by atoms with Crippen LogP contribution in [-0.4, -0.2) is 12.6 Å². The summed E-state index contributed by atoms with van der Waals surface area (Å²) in [5.41, 5.74) is 4.12. The van der Waals surface area contributed by atoms with Crippen molar-refractivity contribution >= 4 is 16.9 Å². The molecule has 0 radical (unpaired) electrons. The van der Waals surface area contributed by atoms with E-state index in [9.17, 15) is 9.59 Å². The van der Waals surface area contributed by atoms with Gasteiger partial charge in [-0.25, -0.2) is 9.59 Å². The van der Waals surface area contributed by atoms with Gasteiger partial charge in [-0.1, -0.05) is 24.3 Å². The highest BCUT2D eigenvalue weighted by molar-refractivity contribution is 5.83. The Labute approximate surface area is 156 Å². The highest BCUT2D eigenvalue weighted by Crippen LogP contribution is 2.29. The van der Waals surface area contributed by atoms with Crippen molar-refractivity contribution in [2.75, 3.05) is 6.61 Å². The molecule has 0 spiro atoms. The Morgan fingerprint density at radius 2 is 1.93 bits per heavy atom. The van der Waals surface area contributed by atoms with Crippen LogP contribution in [0.3, 0.4) is 0 Å². The summed E-state index contributed by atoms with van der Waals surface area (Å²) in [7, 11) is 0. The van der Waals surface area contributed by atoms with Gasteiger partial charge in [-0.15, -0.1) is 0 Å². The van der Waals surface area contributed by atoms with Crippen molar-refractivity contribution in [2.45, 2.75) is 32.8 Å². The van der Waals surface area contributed by atoms with Crippen LogP contribution in [0.4, 0.5) is 0 Å². The molecule has 0 aliphatic heterocycles. The van der Waals surface area contributed by atoms with Gasteiger partial charge in [0.2, 0.25) is 0 Å². The van der Waals surface area contributed by atoms with Crippen LogP contribution in [0.1, 0.15) is 28.7 Å². The van der Waals surface area contributed by atoms with Crippen LogP contribution < -0.4 is 10.4 Å². The molecule has 0 N–H and O–H groups in total. The van der Waals surface area contributed by atoms with E-state index in [0.717, 1.165) is 46.9 Å². The summed E-state index contributed by atoms with van der Waals surface area (Å²) in [6.45, 7) is 1.99. The predicted molar refractivity (Wildman–Crippen MR) is 101 cm³/mol. The average molecular weight is 364 g/mol. The second-order valence-electron chi connectivity index (χ2n) is 6.73. The van der Waals surface area contributed by atoms with Crippen LogP contribution in [0.2, 0.25) is 0 Å². The molecule has 0 saturated carbocycles. The smallest absolute Gasteiger partial charge is 0.344 e. The lowest BCUT2D eigenvalue weighted by atomic mass is 10.1. The van der Waals surface area contributed by atoms with Gasteiger partial charge < -0.3 is 13.9 Å². The van der Waals surface area contributed by atoms with E-state index in [-0.39, 0.29) is 18.8 Å². The lowest BCUT2D eigenvalue weighted by molar-refractivity contribution is -0.147. The number of aryl methyl sites for hydroxylation is 2. The SMILES string of the molecule is Cc1ccccc1COC(=O)COc1ccc2c3c(c(=O)oc2c1)CCC3. The van der Waals surface area contributed by atoms with Gasteiger partial charge in [0.25, 0.3) is 0 Å². The minimum atomic E-state index is -0.450. The fourth-order valence-electron chi connectivity index (χ4n) is 3.47. The molecule has 1 aliphatic rings. The normalized spacial score (nSPS) is 12.8. The Morgan fingerprint density at radius 1 is 1.11 bits per heavy atom. The molecule has 5 nitrogen and oxygen atoms in total. The third kappa shape index (κ3) is 3.58. The Balaban J connectivity index is 1.42. The fourth-order valence-corrected chi connectivity index (χ4v) is 3.47. The minimum Gasteiger partial charge on any atom is -0.482 e. The molecular formula is C22H20O5. The number of rotatable bonds is 5. The first-order valence-electron chi connectivity index (χ1n) is 9.03. The zero-order chi connectivity index (χ0) is 18.8. The van der Waals surface area contributed by atoms with Crippen LogP contribution in [0.15, 0.2) is 51.7 Å². The summed E-state index contributed by atoms with van der Waals surface area (Å²) < 4.78 is 16.2. The summed E-state index contributed by atoms with van der Waals surface area (Å²) in [5, 5.41) is 0.941. The number of fused-ring (bicyclic) bond motifs is 3. The Bertz CT molecular complexity index is 1060. The summed E-state index contributed by atoms with van der Waals surface area (Å²) in [6, 6.07) is 13.1. The van der Waals surface area contributed by atoms with Crippen LogP contribution in [0.25, 0.3) is 11.0 Å². The number of hydrogen-bond donors (Lipinski definition) is 0. The van der Waals surface area contributed by atoms with Crippen LogP contribution in [0.5, 0.6) is 5.75 Å². The van der Waals surface area contributed by atoms with Crippen molar-refractivity contribution in [3.63, 3.8) is 0 Å². The summed E-state index contributed by atoms with van der Waals surface area (Å²) in [6.07, 6.45) is 2.64. The zero-order valence-corrected chi connectivity index (χ0v) is 15.1. The second kappa shape index (κ2) is 7.27. The molecule has 5 heteroatoms. The van der Waals surface area contributed by atoms with Crippen molar-refractivity contribution < 1.29 is 18.7 Å². The lowest BCUT2D eigenvalue weighted by Gasteiger charge is -2.10. The van der Waals surface area contributed by atoms with E-state index in [1.54, 1.807) is 12.1 Å². The van der Waals surface area contributed by atoms with E-state index in [0.29, 0.717) is 11.3 Å². The van der Waals surface area contributed by atoms with E-state index >= 15 is 0 Å². The average Bonchev–Trinajstić information content (AvgIpc) is 3.16. The van der Waals surface area contributed by atoms with E-state index in [1.807, 2.05) is 37.3 Å². The minimum absolute atomic E-state index is 0.202. The van der Waals surface area contributed by atoms with Crippen LogP contribution >= 0.6 is 0 Å². The van der Waals surface area contributed by atoms with Crippen molar-refractivity contribution in [3.8, 4) is 5.75 Å². The van der Waals surface area contributed by atoms with Gasteiger partial charge in [0.15, 0.2) is 6.61 Å². The van der Waals surface area contributed by atoms with E-state index in [1.165, 1.54) is 0 Å². The topological polar surface area (TPSA) is 65.7 Å². The van der Waals surface area contributed by atoms with E-state index < -0.39 is 5.97 Å². The maximum absolute atomic E-state index is 12.1. The Kier molecular flexibility index (Phi) is 4.67. The number of carbonyl (C=O) groups is 1. The van der Waals surface area contributed by atoms with Gasteiger partial charge in [0, 0.05) is 17.0 Å². The van der Waals surface area contributed by atoms with Crippen LogP contribution in [0, 0.1) is 6.92 Å². The molecule has 2 aromatic carbocycles. The Morgan fingerprint density at radius 3 is 2.78 bits per heavy atom. The molecule has 0 amide bonds. The maximum atomic E-state index is 12.1. The third-order valence-electron chi connectivity index (χ3n) is 4.95. The van der Waals surface area contributed by atoms with Gasteiger partial charge in [-0.2, -0.15) is 0 Å². The molecule has 0 fully saturated rings. The van der Waals surface area contributed by atoms with Crippen molar-refractivity contribution in [1.29, 1.82) is 0 Å². The largest absolute Gasteiger partial charge is 0.482 e. The van der Waals surface area contributed by atoms with Gasteiger partial charge >= 0.3 is 11.6 Å². The fraction of sp³-hybridized carbons (Fsp3) is 0.273. The Hall–Kier alpha value is -3.08.